The van der Waals surface area contributed by atoms with E-state index < -0.39 is 30.7 Å². The van der Waals surface area contributed by atoms with Gasteiger partial charge < -0.3 is 15.5 Å². The fourth-order valence-electron chi connectivity index (χ4n) is 3.33. The highest BCUT2D eigenvalue weighted by Crippen LogP contribution is 2.22. The normalized spacial score (nSPS) is 31.2. The van der Waals surface area contributed by atoms with Crippen LogP contribution in [-0.4, -0.2) is 55.3 Å². The summed E-state index contributed by atoms with van der Waals surface area (Å²) in [6.45, 7) is 2.46. The Kier molecular flexibility index (Phi) is 6.51. The van der Waals surface area contributed by atoms with Gasteiger partial charge in [0.2, 0.25) is 0 Å². The molecule has 5 N–H and O–H groups in total. The summed E-state index contributed by atoms with van der Waals surface area (Å²) in [5.74, 6) is 0. The molecule has 1 aromatic rings. The van der Waals surface area contributed by atoms with Gasteiger partial charge in [0.25, 0.3) is 0 Å². The number of hydrogen-bond acceptors (Lipinski definition) is 6. The number of nitrogens with one attached hydrogen (secondary N) is 5. The molecule has 5 unspecified atom stereocenters. The topological polar surface area (TPSA) is 89.7 Å². The smallest absolute Gasteiger partial charge is 0.309 e. The minimum Gasteiger partial charge on any atom is -0.309 e. The van der Waals surface area contributed by atoms with Gasteiger partial charge in [0, 0.05) is 24.7 Å². The lowest BCUT2D eigenvalue weighted by Gasteiger charge is -2.44. The van der Waals surface area contributed by atoms with Crippen LogP contribution in [0.25, 0.3) is 0 Å². The molecule has 2 amide bonds. The summed E-state index contributed by atoms with van der Waals surface area (Å²) in [5.41, 5.74) is 5.42. The molecule has 0 bridgehead atoms. The van der Waals surface area contributed by atoms with Gasteiger partial charge in [-0.15, -0.1) is 11.6 Å². The van der Waals surface area contributed by atoms with Crippen molar-refractivity contribution < 1.29 is 14.0 Å². The largest absolute Gasteiger partial charge is 0.321 e. The van der Waals surface area contributed by atoms with Crippen molar-refractivity contribution in [3.8, 4) is 0 Å². The van der Waals surface area contributed by atoms with E-state index in [9.17, 15) is 9.18 Å². The van der Waals surface area contributed by atoms with Gasteiger partial charge in [-0.05, 0) is 37.2 Å². The third-order valence-electron chi connectivity index (χ3n) is 5.06. The van der Waals surface area contributed by atoms with Crippen LogP contribution in [0.1, 0.15) is 18.1 Å². The quantitative estimate of drug-likeness (QED) is 0.295. The SMILES string of the molecule is CONC1NC(NC(=O)Nc2ccc3c(c2)CC(Cl)NC3)N(C)C(C)C1F. The number of halogens is 2. The maximum absolute atomic E-state index is 14.3. The van der Waals surface area contributed by atoms with E-state index in [0.29, 0.717) is 18.7 Å². The van der Waals surface area contributed by atoms with Gasteiger partial charge in [-0.25, -0.2) is 9.18 Å². The lowest BCUT2D eigenvalue weighted by Crippen LogP contribution is -2.72. The first-order valence-electron chi connectivity index (χ1n) is 8.86. The Hall–Kier alpha value is -1.49. The van der Waals surface area contributed by atoms with Crippen LogP contribution in [0, 0.1) is 0 Å². The minimum atomic E-state index is -1.20. The number of urea groups is 1. The molecule has 3 rings (SSSR count). The minimum absolute atomic E-state index is 0.109. The zero-order valence-corrected chi connectivity index (χ0v) is 16.3. The highest BCUT2D eigenvalue weighted by molar-refractivity contribution is 6.20. The Bertz CT molecular complexity index is 681. The highest BCUT2D eigenvalue weighted by Gasteiger charge is 2.39. The van der Waals surface area contributed by atoms with Crippen LogP contribution in [0.4, 0.5) is 14.9 Å². The number of nitrogens with zero attached hydrogens (tertiary/aromatic N) is 1. The molecule has 0 aliphatic carbocycles. The predicted molar refractivity (Wildman–Crippen MR) is 102 cm³/mol. The molecule has 1 fully saturated rings. The van der Waals surface area contributed by atoms with Crippen LogP contribution >= 0.6 is 11.6 Å². The Morgan fingerprint density at radius 1 is 1.41 bits per heavy atom. The predicted octanol–water partition coefficient (Wildman–Crippen LogP) is 1.04. The van der Waals surface area contributed by atoms with Crippen LogP contribution < -0.4 is 26.7 Å². The Labute approximate surface area is 163 Å². The van der Waals surface area contributed by atoms with Crippen molar-refractivity contribution in [3.63, 3.8) is 0 Å². The molecule has 2 aliphatic rings. The summed E-state index contributed by atoms with van der Waals surface area (Å²) in [5, 5.41) is 11.8. The van der Waals surface area contributed by atoms with E-state index in [1.807, 2.05) is 18.2 Å². The molecule has 2 heterocycles. The number of hydroxylamine groups is 1. The summed E-state index contributed by atoms with van der Waals surface area (Å²) in [6.07, 6.45) is -1.80. The van der Waals surface area contributed by atoms with Crippen molar-refractivity contribution in [2.24, 2.45) is 0 Å². The highest BCUT2D eigenvalue weighted by atomic mass is 35.5. The molecule has 10 heteroatoms. The molecule has 150 valence electrons. The second kappa shape index (κ2) is 8.68. The number of anilines is 1. The third-order valence-corrected chi connectivity index (χ3v) is 5.36. The van der Waals surface area contributed by atoms with Crippen LogP contribution in [0.15, 0.2) is 18.2 Å². The molecular formula is C17H26ClFN6O2. The number of rotatable bonds is 4. The molecule has 8 nitrogen and oxygen atoms in total. The fraction of sp³-hybridized carbons (Fsp3) is 0.588. The molecule has 1 saturated heterocycles. The summed E-state index contributed by atoms with van der Waals surface area (Å²) >= 11 is 6.14. The molecule has 27 heavy (non-hydrogen) atoms. The van der Waals surface area contributed by atoms with Gasteiger partial charge in [-0.1, -0.05) is 6.07 Å². The van der Waals surface area contributed by atoms with Crippen molar-refractivity contribution in [2.45, 2.75) is 50.1 Å². The van der Waals surface area contributed by atoms with Gasteiger partial charge in [-0.2, -0.15) is 5.48 Å². The third kappa shape index (κ3) is 4.68. The number of benzene rings is 1. The van der Waals surface area contributed by atoms with E-state index in [1.165, 1.54) is 12.7 Å². The van der Waals surface area contributed by atoms with E-state index in [-0.39, 0.29) is 5.50 Å². The first-order chi connectivity index (χ1) is 12.9. The lowest BCUT2D eigenvalue weighted by molar-refractivity contribution is -0.0627. The number of carbonyl (C=O) groups excluding carboxylic acids is 1. The standard InChI is InChI=1S/C17H26ClFN6O2/c1-9-14(19)15(24-27-3)22-16(25(9)2)23-17(26)21-12-5-4-10-8-20-13(18)7-11(10)6-12/h4-6,9,13-16,20,22,24H,7-8H2,1-3H3,(H2,21,23,26). The Morgan fingerprint density at radius 3 is 2.93 bits per heavy atom. The summed E-state index contributed by atoms with van der Waals surface area (Å²) < 4.78 is 14.3. The van der Waals surface area contributed by atoms with E-state index in [1.54, 1.807) is 18.9 Å². The van der Waals surface area contributed by atoms with Crippen LogP contribution in [0.2, 0.25) is 0 Å². The van der Waals surface area contributed by atoms with Gasteiger partial charge in [0.15, 0.2) is 0 Å². The molecule has 5 atom stereocenters. The van der Waals surface area contributed by atoms with Gasteiger partial charge in [-0.3, -0.25) is 15.5 Å². The Balaban J connectivity index is 1.62. The second-order valence-corrected chi connectivity index (χ2v) is 7.38. The van der Waals surface area contributed by atoms with E-state index in [0.717, 1.165) is 5.56 Å². The molecular weight excluding hydrogens is 375 g/mol. The van der Waals surface area contributed by atoms with Crippen molar-refractivity contribution in [2.75, 3.05) is 19.5 Å². The lowest BCUT2D eigenvalue weighted by atomic mass is 10.0. The zero-order chi connectivity index (χ0) is 19.6. The van der Waals surface area contributed by atoms with Gasteiger partial charge in [0.1, 0.15) is 18.6 Å². The van der Waals surface area contributed by atoms with E-state index >= 15 is 0 Å². The summed E-state index contributed by atoms with van der Waals surface area (Å²) in [4.78, 5) is 19.0. The number of amides is 2. The van der Waals surface area contributed by atoms with Gasteiger partial charge >= 0.3 is 6.03 Å². The van der Waals surface area contributed by atoms with Crippen LogP contribution in [-0.2, 0) is 17.8 Å². The number of alkyl halides is 2. The van der Waals surface area contributed by atoms with E-state index in [2.05, 4.69) is 26.7 Å². The number of fused-ring (bicyclic) bond motifs is 1. The zero-order valence-electron chi connectivity index (χ0n) is 15.6. The first-order valence-corrected chi connectivity index (χ1v) is 9.30. The summed E-state index contributed by atoms with van der Waals surface area (Å²) in [7, 11) is 3.16. The summed E-state index contributed by atoms with van der Waals surface area (Å²) in [6, 6.07) is 4.94. The van der Waals surface area contributed by atoms with Crippen molar-refractivity contribution >= 4 is 23.3 Å². The molecule has 0 saturated carbocycles. The Morgan fingerprint density at radius 2 is 2.19 bits per heavy atom. The number of hydrogen-bond donors (Lipinski definition) is 5. The maximum atomic E-state index is 14.3. The van der Waals surface area contributed by atoms with Crippen molar-refractivity contribution in [3.05, 3.63) is 29.3 Å². The molecule has 0 radical (unpaired) electrons. The maximum Gasteiger partial charge on any atom is 0.321 e. The van der Waals surface area contributed by atoms with Crippen LogP contribution in [0.3, 0.4) is 0 Å². The van der Waals surface area contributed by atoms with Crippen LogP contribution in [0.5, 0.6) is 0 Å². The molecule has 1 aromatic carbocycles. The molecule has 0 aromatic heterocycles. The van der Waals surface area contributed by atoms with E-state index in [4.69, 9.17) is 16.4 Å². The second-order valence-electron chi connectivity index (χ2n) is 6.85. The number of carbonyl (C=O) groups is 1. The monoisotopic (exact) mass is 400 g/mol. The molecule has 2 aliphatic heterocycles. The average molecular weight is 401 g/mol. The van der Waals surface area contributed by atoms with Crippen molar-refractivity contribution in [1.82, 2.24) is 26.3 Å². The van der Waals surface area contributed by atoms with Crippen molar-refractivity contribution in [1.29, 1.82) is 0 Å². The van der Waals surface area contributed by atoms with Gasteiger partial charge in [0.05, 0.1) is 12.6 Å². The first kappa shape index (κ1) is 20.2. The average Bonchev–Trinajstić information content (AvgIpc) is 2.63. The fourth-order valence-corrected chi connectivity index (χ4v) is 3.57. The molecule has 0 spiro atoms.